The zero-order valence-electron chi connectivity index (χ0n) is 14.7. The highest BCUT2D eigenvalue weighted by Gasteiger charge is 2.12. The zero-order chi connectivity index (χ0) is 17.9. The normalized spacial score (nSPS) is 12.7. The average Bonchev–Trinajstić information content (AvgIpc) is 3.10. The molecule has 3 aromatic rings. The number of rotatable bonds is 5. The largest absolute Gasteiger partial charge is 0.497 e. The molecule has 0 amide bonds. The molecule has 0 radical (unpaired) electrons. The number of fused-ring (bicyclic) bond motifs is 2. The fourth-order valence-corrected chi connectivity index (χ4v) is 4.03. The number of nitrogens with one attached hydrogen (secondary N) is 1. The summed E-state index contributed by atoms with van der Waals surface area (Å²) in [5.41, 5.74) is 10.8. The van der Waals surface area contributed by atoms with Gasteiger partial charge < -0.3 is 15.8 Å². The third kappa shape index (κ3) is 3.23. The van der Waals surface area contributed by atoms with Crippen LogP contribution in [-0.4, -0.2) is 7.11 Å². The number of nitrogens with two attached hydrogens (primary N) is 1. The van der Waals surface area contributed by atoms with Crippen molar-refractivity contribution in [2.24, 2.45) is 10.7 Å². The average molecular weight is 363 g/mol. The van der Waals surface area contributed by atoms with Gasteiger partial charge in [0.1, 0.15) is 5.75 Å². The molecule has 132 valence electrons. The molecular weight excluding hydrogens is 342 g/mol. The fraction of sp³-hybridized carbons (Fsp3) is 0.190. The van der Waals surface area contributed by atoms with Crippen LogP contribution in [0.5, 0.6) is 5.75 Å². The lowest BCUT2D eigenvalue weighted by Crippen LogP contribution is -2.34. The van der Waals surface area contributed by atoms with Gasteiger partial charge in [0.05, 0.1) is 19.0 Å². The highest BCUT2D eigenvalue weighted by Crippen LogP contribution is 2.22. The highest BCUT2D eigenvalue weighted by molar-refractivity contribution is 7.10. The van der Waals surface area contributed by atoms with Gasteiger partial charge in [0.25, 0.3) is 0 Å². The Hall–Kier alpha value is -2.63. The van der Waals surface area contributed by atoms with Gasteiger partial charge in [0.2, 0.25) is 0 Å². The molecule has 2 heterocycles. The van der Waals surface area contributed by atoms with Crippen molar-refractivity contribution in [2.45, 2.75) is 19.6 Å². The van der Waals surface area contributed by atoms with Crippen LogP contribution >= 0.6 is 11.3 Å². The summed E-state index contributed by atoms with van der Waals surface area (Å²) >= 11 is 1.72. The fourth-order valence-electron chi connectivity index (χ4n) is 3.22. The van der Waals surface area contributed by atoms with Gasteiger partial charge >= 0.3 is 0 Å². The second-order valence-corrected chi connectivity index (χ2v) is 7.25. The van der Waals surface area contributed by atoms with E-state index in [0.717, 1.165) is 40.7 Å². The summed E-state index contributed by atoms with van der Waals surface area (Å²) in [6.45, 7) is 2.23. The van der Waals surface area contributed by atoms with E-state index in [1.54, 1.807) is 18.4 Å². The van der Waals surface area contributed by atoms with Crippen LogP contribution in [0.15, 0.2) is 58.9 Å². The van der Waals surface area contributed by atoms with Crippen LogP contribution in [0.3, 0.4) is 0 Å². The van der Waals surface area contributed by atoms with Crippen molar-refractivity contribution >= 4 is 17.0 Å². The third-order valence-electron chi connectivity index (χ3n) is 4.63. The van der Waals surface area contributed by atoms with Crippen molar-refractivity contribution in [3.63, 3.8) is 0 Å². The molecule has 0 saturated carbocycles. The molecular formula is C21H21N3OS. The number of nitrogens with zero attached hydrogens (tertiary/aromatic N) is 1. The van der Waals surface area contributed by atoms with Crippen LogP contribution < -0.4 is 26.4 Å². The third-order valence-corrected chi connectivity index (χ3v) is 5.54. The van der Waals surface area contributed by atoms with Gasteiger partial charge in [-0.3, -0.25) is 4.99 Å². The molecule has 0 spiro atoms. The highest BCUT2D eigenvalue weighted by atomic mass is 32.1. The molecule has 5 heteroatoms. The van der Waals surface area contributed by atoms with E-state index in [1.807, 2.05) is 12.1 Å². The van der Waals surface area contributed by atoms with Gasteiger partial charge in [-0.05, 0) is 34.7 Å². The summed E-state index contributed by atoms with van der Waals surface area (Å²) in [6.07, 6.45) is 0. The summed E-state index contributed by atoms with van der Waals surface area (Å²) in [6, 6.07) is 16.4. The number of thiophene rings is 1. The second kappa shape index (κ2) is 7.32. The zero-order valence-corrected chi connectivity index (χ0v) is 15.5. The standard InChI is InChI=1S/C21H21N3OS/c1-25-16-7-5-14(6-8-16)11-23-12-15-3-2-4-18-20(22)17-9-10-26-19(17)13-24-21(15)18/h2-10,23H,11-13,22H2,1H3. The Morgan fingerprint density at radius 2 is 1.96 bits per heavy atom. The molecule has 4 rings (SSSR count). The van der Waals surface area contributed by atoms with Crippen LogP contribution in [0, 0.1) is 0 Å². The van der Waals surface area contributed by atoms with Crippen molar-refractivity contribution < 1.29 is 4.74 Å². The van der Waals surface area contributed by atoms with E-state index in [2.05, 4.69) is 47.1 Å². The summed E-state index contributed by atoms with van der Waals surface area (Å²) in [5.74, 6) is 0.874. The lowest BCUT2D eigenvalue weighted by atomic mass is 10.1. The maximum atomic E-state index is 6.45. The van der Waals surface area contributed by atoms with Crippen molar-refractivity contribution in [3.05, 3.63) is 86.1 Å². The lowest BCUT2D eigenvalue weighted by Gasteiger charge is -2.07. The maximum Gasteiger partial charge on any atom is 0.118 e. The van der Waals surface area contributed by atoms with E-state index >= 15 is 0 Å². The quantitative estimate of drug-likeness (QED) is 0.731. The molecule has 4 nitrogen and oxygen atoms in total. The van der Waals surface area contributed by atoms with Gasteiger partial charge in [-0.2, -0.15) is 0 Å². The Balaban J connectivity index is 1.57. The summed E-state index contributed by atoms with van der Waals surface area (Å²) in [7, 11) is 1.68. The minimum absolute atomic E-state index is 0.691. The molecule has 0 fully saturated rings. The number of benzene rings is 2. The van der Waals surface area contributed by atoms with E-state index in [0.29, 0.717) is 6.54 Å². The monoisotopic (exact) mass is 363 g/mol. The maximum absolute atomic E-state index is 6.45. The first-order valence-electron chi connectivity index (χ1n) is 8.59. The van der Waals surface area contributed by atoms with Crippen LogP contribution in [-0.2, 0) is 19.6 Å². The van der Waals surface area contributed by atoms with Gasteiger partial charge in [-0.1, -0.05) is 30.3 Å². The Labute approximate surface area is 156 Å². The van der Waals surface area contributed by atoms with E-state index in [1.165, 1.54) is 16.0 Å². The predicted octanol–water partition coefficient (Wildman–Crippen LogP) is 2.29. The molecule has 1 aromatic heterocycles. The number of hydrogen-bond acceptors (Lipinski definition) is 5. The van der Waals surface area contributed by atoms with Gasteiger partial charge in [-0.15, -0.1) is 11.3 Å². The molecule has 1 aliphatic heterocycles. The van der Waals surface area contributed by atoms with E-state index in [-0.39, 0.29) is 0 Å². The number of ether oxygens (including phenoxy) is 1. The SMILES string of the molecule is COc1ccc(CNCc2cccc3c2=NCc2sccc2C=3N)cc1. The topological polar surface area (TPSA) is 59.6 Å². The Morgan fingerprint density at radius 3 is 2.77 bits per heavy atom. The minimum atomic E-state index is 0.691. The molecule has 0 unspecified atom stereocenters. The van der Waals surface area contributed by atoms with Crippen LogP contribution in [0.2, 0.25) is 0 Å². The molecule has 0 atom stereocenters. The first-order valence-corrected chi connectivity index (χ1v) is 9.47. The summed E-state index contributed by atoms with van der Waals surface area (Å²) in [4.78, 5) is 6.08. The predicted molar refractivity (Wildman–Crippen MR) is 105 cm³/mol. The molecule has 1 aliphatic rings. The number of methoxy groups -OCH3 is 1. The van der Waals surface area contributed by atoms with Gasteiger partial charge in [0.15, 0.2) is 0 Å². The van der Waals surface area contributed by atoms with Crippen LogP contribution in [0.1, 0.15) is 21.6 Å². The van der Waals surface area contributed by atoms with Crippen LogP contribution in [0.4, 0.5) is 0 Å². The number of para-hydroxylation sites is 1. The molecule has 26 heavy (non-hydrogen) atoms. The Kier molecular flexibility index (Phi) is 4.73. The van der Waals surface area contributed by atoms with Crippen molar-refractivity contribution in [1.29, 1.82) is 0 Å². The van der Waals surface area contributed by atoms with Crippen molar-refractivity contribution in [3.8, 4) is 5.75 Å². The second-order valence-electron chi connectivity index (χ2n) is 6.25. The van der Waals surface area contributed by atoms with Crippen molar-refractivity contribution in [1.82, 2.24) is 5.32 Å². The Bertz CT molecular complexity index is 1040. The molecule has 0 aliphatic carbocycles. The molecule has 3 N–H and O–H groups in total. The molecule has 0 bridgehead atoms. The van der Waals surface area contributed by atoms with Gasteiger partial charge in [0, 0.05) is 34.4 Å². The van der Waals surface area contributed by atoms with E-state index in [9.17, 15) is 0 Å². The number of hydrogen-bond donors (Lipinski definition) is 2. The summed E-state index contributed by atoms with van der Waals surface area (Å²) in [5, 5.41) is 7.63. The van der Waals surface area contributed by atoms with E-state index in [4.69, 9.17) is 15.5 Å². The molecule has 2 aromatic carbocycles. The minimum Gasteiger partial charge on any atom is -0.497 e. The van der Waals surface area contributed by atoms with E-state index < -0.39 is 0 Å². The van der Waals surface area contributed by atoms with Gasteiger partial charge in [-0.25, -0.2) is 0 Å². The lowest BCUT2D eigenvalue weighted by molar-refractivity contribution is 0.414. The van der Waals surface area contributed by atoms with Crippen LogP contribution in [0.25, 0.3) is 5.70 Å². The van der Waals surface area contributed by atoms with Crippen molar-refractivity contribution in [2.75, 3.05) is 7.11 Å². The smallest absolute Gasteiger partial charge is 0.118 e. The Morgan fingerprint density at radius 1 is 1.12 bits per heavy atom. The first-order chi connectivity index (χ1) is 12.8. The first kappa shape index (κ1) is 16.8. The molecule has 0 saturated heterocycles. The summed E-state index contributed by atoms with van der Waals surface area (Å²) < 4.78 is 5.20.